The lowest BCUT2D eigenvalue weighted by Crippen LogP contribution is -1.94. The Morgan fingerprint density at radius 3 is 3.00 bits per heavy atom. The second-order valence-corrected chi connectivity index (χ2v) is 6.14. The average Bonchev–Trinajstić information content (AvgIpc) is 2.96. The summed E-state index contributed by atoms with van der Waals surface area (Å²) in [6.07, 6.45) is 0.819. The van der Waals surface area contributed by atoms with Gasteiger partial charge in [0.25, 0.3) is 0 Å². The van der Waals surface area contributed by atoms with E-state index in [1.54, 1.807) is 23.1 Å². The molecular formula is C15H11N3S2. The van der Waals surface area contributed by atoms with Crippen molar-refractivity contribution in [2.45, 2.75) is 23.3 Å². The molecule has 1 aromatic carbocycles. The van der Waals surface area contributed by atoms with E-state index < -0.39 is 0 Å². The van der Waals surface area contributed by atoms with Crippen LogP contribution in [0.3, 0.4) is 0 Å². The topological polar surface area (TPSA) is 49.6 Å². The molecule has 0 aliphatic rings. The van der Waals surface area contributed by atoms with Gasteiger partial charge >= 0.3 is 0 Å². The zero-order valence-corrected chi connectivity index (χ0v) is 12.5. The molecule has 0 bridgehead atoms. The van der Waals surface area contributed by atoms with Crippen LogP contribution in [0.4, 0.5) is 0 Å². The summed E-state index contributed by atoms with van der Waals surface area (Å²) in [5.41, 5.74) is 0.668. The molecule has 0 saturated carbocycles. The van der Waals surface area contributed by atoms with E-state index in [9.17, 15) is 0 Å². The smallest absolute Gasteiger partial charge is 0.131 e. The summed E-state index contributed by atoms with van der Waals surface area (Å²) >= 11 is 3.22. The number of aromatic nitrogens is 2. The minimum atomic E-state index is 0.668. The van der Waals surface area contributed by atoms with Gasteiger partial charge in [-0.2, -0.15) is 5.26 Å². The maximum atomic E-state index is 8.97. The number of nitrogens with zero attached hydrogens (tertiary/aromatic N) is 3. The van der Waals surface area contributed by atoms with Gasteiger partial charge in [0, 0.05) is 16.7 Å². The molecular weight excluding hydrogens is 286 g/mol. The third-order valence-electron chi connectivity index (χ3n) is 2.83. The van der Waals surface area contributed by atoms with Crippen molar-refractivity contribution in [2.24, 2.45) is 0 Å². The lowest BCUT2D eigenvalue weighted by molar-refractivity contribution is 0.920. The quantitative estimate of drug-likeness (QED) is 0.677. The highest BCUT2D eigenvalue weighted by Gasteiger charge is 2.10. The Labute approximate surface area is 125 Å². The van der Waals surface area contributed by atoms with E-state index in [4.69, 9.17) is 5.26 Å². The van der Waals surface area contributed by atoms with Crippen LogP contribution in [0, 0.1) is 11.3 Å². The van der Waals surface area contributed by atoms with Gasteiger partial charge in [0.1, 0.15) is 15.7 Å². The Bertz CT molecular complexity index is 802. The summed E-state index contributed by atoms with van der Waals surface area (Å²) in [6, 6.07) is 11.8. The summed E-state index contributed by atoms with van der Waals surface area (Å²) < 4.78 is 0. The molecule has 0 fully saturated rings. The van der Waals surface area contributed by atoms with Crippen LogP contribution in [-0.4, -0.2) is 9.97 Å². The molecule has 3 aromatic rings. The molecule has 98 valence electrons. The predicted molar refractivity (Wildman–Crippen MR) is 82.1 cm³/mol. The van der Waals surface area contributed by atoms with Crippen molar-refractivity contribution in [3.05, 3.63) is 47.1 Å². The zero-order chi connectivity index (χ0) is 13.9. The second-order valence-electron chi connectivity index (χ2n) is 4.18. The highest BCUT2D eigenvalue weighted by molar-refractivity contribution is 7.99. The molecule has 0 saturated heterocycles. The first kappa shape index (κ1) is 13.1. The van der Waals surface area contributed by atoms with Gasteiger partial charge in [0.15, 0.2) is 0 Å². The molecule has 20 heavy (non-hydrogen) atoms. The van der Waals surface area contributed by atoms with Crippen LogP contribution < -0.4 is 0 Å². The predicted octanol–water partition coefficient (Wildman–Crippen LogP) is 4.28. The van der Waals surface area contributed by atoms with Crippen LogP contribution >= 0.6 is 23.1 Å². The number of thiophene rings is 1. The van der Waals surface area contributed by atoms with Crippen LogP contribution in [0.15, 0.2) is 45.6 Å². The lowest BCUT2D eigenvalue weighted by atomic mass is 10.2. The number of hydrogen-bond acceptors (Lipinski definition) is 5. The van der Waals surface area contributed by atoms with Crippen molar-refractivity contribution in [3.63, 3.8) is 0 Å². The summed E-state index contributed by atoms with van der Waals surface area (Å²) in [6.45, 7) is 2.06. The fourth-order valence-corrected chi connectivity index (χ4v) is 3.68. The maximum absolute atomic E-state index is 8.97. The number of benzene rings is 1. The molecule has 0 amide bonds. The van der Waals surface area contributed by atoms with Gasteiger partial charge in [-0.1, -0.05) is 24.8 Å². The number of aryl methyl sites for hydroxylation is 1. The zero-order valence-electron chi connectivity index (χ0n) is 10.8. The van der Waals surface area contributed by atoms with Crippen molar-refractivity contribution < 1.29 is 0 Å². The fraction of sp³-hybridized carbons (Fsp3) is 0.133. The molecule has 3 rings (SSSR count). The first-order chi connectivity index (χ1) is 9.80. The van der Waals surface area contributed by atoms with E-state index in [1.165, 1.54) is 0 Å². The summed E-state index contributed by atoms with van der Waals surface area (Å²) in [5.74, 6) is 0.860. The highest BCUT2D eigenvalue weighted by atomic mass is 32.2. The SMILES string of the molecule is CCc1nc(Sc2cccc(C#N)c2)c2ccsc2n1. The Morgan fingerprint density at radius 1 is 1.30 bits per heavy atom. The van der Waals surface area contributed by atoms with Crippen molar-refractivity contribution in [1.82, 2.24) is 9.97 Å². The lowest BCUT2D eigenvalue weighted by Gasteiger charge is -2.05. The number of nitriles is 1. The molecule has 2 aromatic heterocycles. The Hall–Kier alpha value is -1.90. The molecule has 0 unspecified atom stereocenters. The minimum Gasteiger partial charge on any atom is -0.226 e. The molecule has 0 aliphatic heterocycles. The number of rotatable bonds is 3. The maximum Gasteiger partial charge on any atom is 0.131 e. The van der Waals surface area contributed by atoms with Crippen LogP contribution in [-0.2, 0) is 6.42 Å². The molecule has 0 atom stereocenters. The first-order valence-electron chi connectivity index (χ1n) is 6.22. The molecule has 2 heterocycles. The molecule has 3 nitrogen and oxygen atoms in total. The van der Waals surface area contributed by atoms with Crippen LogP contribution in [0.5, 0.6) is 0 Å². The van der Waals surface area contributed by atoms with E-state index in [0.29, 0.717) is 5.56 Å². The highest BCUT2D eigenvalue weighted by Crippen LogP contribution is 2.33. The standard InChI is InChI=1S/C15H11N3S2/c1-2-13-17-14-12(6-7-19-14)15(18-13)20-11-5-3-4-10(8-11)9-16/h3-8H,2H2,1H3. The monoisotopic (exact) mass is 297 g/mol. The van der Waals surface area contributed by atoms with E-state index >= 15 is 0 Å². The van der Waals surface area contributed by atoms with Crippen LogP contribution in [0.25, 0.3) is 10.2 Å². The third-order valence-corrected chi connectivity index (χ3v) is 4.63. The van der Waals surface area contributed by atoms with Crippen LogP contribution in [0.1, 0.15) is 18.3 Å². The minimum absolute atomic E-state index is 0.668. The number of hydrogen-bond donors (Lipinski definition) is 0. The van der Waals surface area contributed by atoms with Crippen molar-refractivity contribution in [2.75, 3.05) is 0 Å². The molecule has 0 N–H and O–H groups in total. The van der Waals surface area contributed by atoms with Crippen molar-refractivity contribution in [1.29, 1.82) is 5.26 Å². The molecule has 0 radical (unpaired) electrons. The van der Waals surface area contributed by atoms with E-state index in [0.717, 1.165) is 32.4 Å². The van der Waals surface area contributed by atoms with Gasteiger partial charge in [0.05, 0.1) is 11.6 Å². The summed E-state index contributed by atoms with van der Waals surface area (Å²) in [4.78, 5) is 11.2. The van der Waals surface area contributed by atoms with Gasteiger partial charge in [-0.05, 0) is 29.6 Å². The Balaban J connectivity index is 2.05. The summed E-state index contributed by atoms with van der Waals surface area (Å²) in [7, 11) is 0. The van der Waals surface area contributed by atoms with Gasteiger partial charge < -0.3 is 0 Å². The van der Waals surface area contributed by atoms with Gasteiger partial charge in [-0.3, -0.25) is 0 Å². The second kappa shape index (κ2) is 5.61. The van der Waals surface area contributed by atoms with E-state index in [2.05, 4.69) is 29.0 Å². The van der Waals surface area contributed by atoms with E-state index in [1.807, 2.05) is 29.6 Å². The van der Waals surface area contributed by atoms with E-state index in [-0.39, 0.29) is 0 Å². The van der Waals surface area contributed by atoms with Crippen LogP contribution in [0.2, 0.25) is 0 Å². The largest absolute Gasteiger partial charge is 0.226 e. The Kier molecular flexibility index (Phi) is 3.68. The summed E-state index contributed by atoms with van der Waals surface area (Å²) in [5, 5.41) is 13.0. The average molecular weight is 297 g/mol. The van der Waals surface area contributed by atoms with Gasteiger partial charge in [-0.15, -0.1) is 11.3 Å². The third kappa shape index (κ3) is 2.53. The molecule has 5 heteroatoms. The fourth-order valence-electron chi connectivity index (χ4n) is 1.85. The Morgan fingerprint density at radius 2 is 2.20 bits per heavy atom. The first-order valence-corrected chi connectivity index (χ1v) is 7.92. The normalized spacial score (nSPS) is 10.6. The molecule has 0 spiro atoms. The number of fused-ring (bicyclic) bond motifs is 1. The van der Waals surface area contributed by atoms with Gasteiger partial charge in [-0.25, -0.2) is 9.97 Å². The molecule has 0 aliphatic carbocycles. The van der Waals surface area contributed by atoms with Crippen molar-refractivity contribution in [3.8, 4) is 6.07 Å². The van der Waals surface area contributed by atoms with Gasteiger partial charge in [0.2, 0.25) is 0 Å². The van der Waals surface area contributed by atoms with Crippen molar-refractivity contribution >= 4 is 33.3 Å².